The van der Waals surface area contributed by atoms with Crippen molar-refractivity contribution < 1.29 is 0 Å². The van der Waals surface area contributed by atoms with Crippen LogP contribution in [0.4, 0.5) is 0 Å². The lowest BCUT2D eigenvalue weighted by Crippen LogP contribution is -2.42. The third-order valence-electron chi connectivity index (χ3n) is 4.58. The van der Waals surface area contributed by atoms with E-state index in [2.05, 4.69) is 0 Å². The molecule has 2 atom stereocenters. The fourth-order valence-corrected chi connectivity index (χ4v) is 3.92. The molecule has 3 heteroatoms. The van der Waals surface area contributed by atoms with Crippen LogP contribution >= 0.6 is 23.2 Å². The molecule has 1 aromatic rings. The van der Waals surface area contributed by atoms with Crippen LogP contribution in [0.5, 0.6) is 0 Å². The second-order valence-electron chi connectivity index (χ2n) is 5.97. The smallest absolute Gasteiger partial charge is 0.0457 e. The molecule has 2 unspecified atom stereocenters. The van der Waals surface area contributed by atoms with Gasteiger partial charge in [0.25, 0.3) is 0 Å². The molecule has 0 bridgehead atoms. The maximum atomic E-state index is 6.66. The van der Waals surface area contributed by atoms with Gasteiger partial charge in [0.1, 0.15) is 0 Å². The quantitative estimate of drug-likeness (QED) is 0.833. The van der Waals surface area contributed by atoms with E-state index >= 15 is 0 Å². The first-order chi connectivity index (χ1) is 8.58. The normalized spacial score (nSPS) is 32.5. The van der Waals surface area contributed by atoms with Gasteiger partial charge in [-0.05, 0) is 61.3 Å². The van der Waals surface area contributed by atoms with E-state index in [1.165, 1.54) is 25.7 Å². The minimum Gasteiger partial charge on any atom is -0.321 e. The van der Waals surface area contributed by atoms with Gasteiger partial charge in [0.2, 0.25) is 0 Å². The highest BCUT2D eigenvalue weighted by molar-refractivity contribution is 6.33. The van der Waals surface area contributed by atoms with E-state index in [1.807, 2.05) is 18.2 Å². The highest BCUT2D eigenvalue weighted by Gasteiger charge is 2.41. The van der Waals surface area contributed by atoms with Crippen LogP contribution in [0.15, 0.2) is 18.2 Å². The number of rotatable bonds is 2. The Balaban J connectivity index is 1.90. The first kappa shape index (κ1) is 12.8. The van der Waals surface area contributed by atoms with Crippen molar-refractivity contribution in [3.8, 4) is 0 Å². The van der Waals surface area contributed by atoms with Crippen molar-refractivity contribution in [3.63, 3.8) is 0 Å². The Morgan fingerprint density at radius 2 is 1.89 bits per heavy atom. The number of nitrogens with two attached hydrogens (primary N) is 1. The number of halogens is 2. The Morgan fingerprint density at radius 3 is 2.61 bits per heavy atom. The van der Waals surface area contributed by atoms with Gasteiger partial charge in [0.05, 0.1) is 0 Å². The minimum atomic E-state index is -0.270. The largest absolute Gasteiger partial charge is 0.321 e. The number of hydrogen-bond acceptors (Lipinski definition) is 1. The van der Waals surface area contributed by atoms with E-state index in [0.717, 1.165) is 40.3 Å². The van der Waals surface area contributed by atoms with Crippen molar-refractivity contribution in [2.45, 2.75) is 44.1 Å². The fourth-order valence-electron chi connectivity index (χ4n) is 3.45. The van der Waals surface area contributed by atoms with Crippen LogP contribution in [0.1, 0.15) is 44.1 Å². The molecular formula is C15H19Cl2N. The molecule has 0 heterocycles. The summed E-state index contributed by atoms with van der Waals surface area (Å²) in [7, 11) is 0. The molecule has 0 aromatic heterocycles. The highest BCUT2D eigenvalue weighted by Crippen LogP contribution is 2.49. The zero-order valence-corrected chi connectivity index (χ0v) is 12.0. The van der Waals surface area contributed by atoms with E-state index in [-0.39, 0.29) is 5.54 Å². The van der Waals surface area contributed by atoms with Crippen molar-refractivity contribution in [2.75, 3.05) is 0 Å². The van der Waals surface area contributed by atoms with Crippen molar-refractivity contribution in [1.29, 1.82) is 0 Å². The van der Waals surface area contributed by atoms with Gasteiger partial charge in [-0.2, -0.15) is 0 Å². The summed E-state index contributed by atoms with van der Waals surface area (Å²) >= 11 is 12.4. The standard InChI is InChI=1S/C15H19Cl2N/c16-12-5-6-14(17)13(8-12)15(18)7-1-2-11(9-15)10-3-4-10/h5-6,8,10-11H,1-4,7,9,18H2. The lowest BCUT2D eigenvalue weighted by Gasteiger charge is -2.39. The van der Waals surface area contributed by atoms with Crippen molar-refractivity contribution in [2.24, 2.45) is 17.6 Å². The van der Waals surface area contributed by atoms with Crippen LogP contribution in [-0.2, 0) is 5.54 Å². The van der Waals surface area contributed by atoms with Crippen LogP contribution in [-0.4, -0.2) is 0 Å². The summed E-state index contributed by atoms with van der Waals surface area (Å²) in [5.41, 5.74) is 7.44. The van der Waals surface area contributed by atoms with Crippen LogP contribution < -0.4 is 5.73 Å². The predicted octanol–water partition coefficient (Wildman–Crippen LogP) is 4.75. The number of hydrogen-bond donors (Lipinski definition) is 1. The van der Waals surface area contributed by atoms with Crippen molar-refractivity contribution >= 4 is 23.2 Å². The van der Waals surface area contributed by atoms with Gasteiger partial charge in [0.15, 0.2) is 0 Å². The molecule has 2 aliphatic rings. The zero-order valence-electron chi connectivity index (χ0n) is 10.5. The summed E-state index contributed by atoms with van der Waals surface area (Å²) in [6.45, 7) is 0. The Hall–Kier alpha value is -0.240. The molecule has 2 saturated carbocycles. The Kier molecular flexibility index (Phi) is 3.34. The Labute approximate surface area is 119 Å². The van der Waals surface area contributed by atoms with Crippen LogP contribution in [0, 0.1) is 11.8 Å². The third-order valence-corrected chi connectivity index (χ3v) is 5.14. The molecule has 3 rings (SSSR count). The van der Waals surface area contributed by atoms with Crippen molar-refractivity contribution in [1.82, 2.24) is 0 Å². The Morgan fingerprint density at radius 1 is 1.11 bits per heavy atom. The van der Waals surface area contributed by atoms with Gasteiger partial charge in [-0.25, -0.2) is 0 Å². The molecule has 0 spiro atoms. The van der Waals surface area contributed by atoms with Crippen LogP contribution in [0.25, 0.3) is 0 Å². The molecule has 0 amide bonds. The van der Waals surface area contributed by atoms with E-state index in [1.54, 1.807) is 0 Å². The highest BCUT2D eigenvalue weighted by atomic mass is 35.5. The Bertz CT molecular complexity index is 456. The monoisotopic (exact) mass is 283 g/mol. The molecule has 2 aliphatic carbocycles. The van der Waals surface area contributed by atoms with Gasteiger partial charge in [-0.1, -0.05) is 36.0 Å². The fraction of sp³-hybridized carbons (Fsp3) is 0.600. The van der Waals surface area contributed by atoms with Gasteiger partial charge in [-0.3, -0.25) is 0 Å². The lowest BCUT2D eigenvalue weighted by atomic mass is 9.71. The van der Waals surface area contributed by atoms with Crippen molar-refractivity contribution in [3.05, 3.63) is 33.8 Å². The summed E-state index contributed by atoms with van der Waals surface area (Å²) in [6.07, 6.45) is 7.42. The lowest BCUT2D eigenvalue weighted by molar-refractivity contribution is 0.207. The average molecular weight is 284 g/mol. The summed E-state index contributed by atoms with van der Waals surface area (Å²) < 4.78 is 0. The third kappa shape index (κ3) is 2.41. The molecular weight excluding hydrogens is 265 g/mol. The average Bonchev–Trinajstić information content (AvgIpc) is 3.16. The van der Waals surface area contributed by atoms with Gasteiger partial charge in [-0.15, -0.1) is 0 Å². The molecule has 2 fully saturated rings. The zero-order chi connectivity index (χ0) is 12.8. The molecule has 1 aromatic carbocycles. The molecule has 98 valence electrons. The van der Waals surface area contributed by atoms with E-state index < -0.39 is 0 Å². The van der Waals surface area contributed by atoms with E-state index in [4.69, 9.17) is 28.9 Å². The summed E-state index contributed by atoms with van der Waals surface area (Å²) in [5, 5.41) is 1.49. The molecule has 0 radical (unpaired) electrons. The molecule has 2 N–H and O–H groups in total. The summed E-state index contributed by atoms with van der Waals surface area (Å²) in [5.74, 6) is 1.71. The second kappa shape index (κ2) is 4.70. The van der Waals surface area contributed by atoms with Gasteiger partial charge < -0.3 is 5.73 Å². The molecule has 0 aliphatic heterocycles. The minimum absolute atomic E-state index is 0.270. The topological polar surface area (TPSA) is 26.0 Å². The summed E-state index contributed by atoms with van der Waals surface area (Å²) in [4.78, 5) is 0. The van der Waals surface area contributed by atoms with E-state index in [9.17, 15) is 0 Å². The van der Waals surface area contributed by atoms with Gasteiger partial charge >= 0.3 is 0 Å². The van der Waals surface area contributed by atoms with E-state index in [0.29, 0.717) is 0 Å². The first-order valence-electron chi connectivity index (χ1n) is 6.83. The molecule has 0 saturated heterocycles. The number of benzene rings is 1. The molecule has 18 heavy (non-hydrogen) atoms. The maximum absolute atomic E-state index is 6.66. The van der Waals surface area contributed by atoms with Crippen LogP contribution in [0.2, 0.25) is 10.0 Å². The maximum Gasteiger partial charge on any atom is 0.0457 e. The predicted molar refractivity (Wildman–Crippen MR) is 77.0 cm³/mol. The molecule has 1 nitrogen and oxygen atoms in total. The SMILES string of the molecule is NC1(c2cc(Cl)ccc2Cl)CCCC(C2CC2)C1. The first-order valence-corrected chi connectivity index (χ1v) is 7.58. The summed E-state index contributed by atoms with van der Waals surface area (Å²) in [6, 6.07) is 5.66. The second-order valence-corrected chi connectivity index (χ2v) is 6.82. The van der Waals surface area contributed by atoms with Gasteiger partial charge in [0, 0.05) is 15.6 Å². The van der Waals surface area contributed by atoms with Crippen LogP contribution in [0.3, 0.4) is 0 Å².